The van der Waals surface area contributed by atoms with E-state index in [0.29, 0.717) is 5.69 Å². The smallest absolute Gasteiger partial charge is 0.357 e. The molecule has 1 atom stereocenters. The van der Waals surface area contributed by atoms with Gasteiger partial charge in [0.15, 0.2) is 11.5 Å². The molecule has 1 N–H and O–H groups in total. The molecule has 0 aromatic carbocycles. The van der Waals surface area contributed by atoms with E-state index in [1.54, 1.807) is 6.92 Å². The second-order valence-corrected chi connectivity index (χ2v) is 5.99. The van der Waals surface area contributed by atoms with Gasteiger partial charge in [-0.25, -0.2) is 9.18 Å². The van der Waals surface area contributed by atoms with Gasteiger partial charge in [0.1, 0.15) is 0 Å². The minimum absolute atomic E-state index is 0.0668. The first-order valence-corrected chi connectivity index (χ1v) is 8.40. The second-order valence-electron chi connectivity index (χ2n) is 5.99. The van der Waals surface area contributed by atoms with Crippen molar-refractivity contribution in [1.29, 1.82) is 0 Å². The zero-order chi connectivity index (χ0) is 15.9. The quantitative estimate of drug-likeness (QED) is 0.563. The Labute approximate surface area is 131 Å². The van der Waals surface area contributed by atoms with Gasteiger partial charge in [0.2, 0.25) is 0 Å². The van der Waals surface area contributed by atoms with Gasteiger partial charge in [0.25, 0.3) is 0 Å². The van der Waals surface area contributed by atoms with E-state index < -0.39 is 11.8 Å². The van der Waals surface area contributed by atoms with E-state index >= 15 is 0 Å². The monoisotopic (exact) mass is 307 g/mol. The lowest BCUT2D eigenvalue weighted by Gasteiger charge is -2.21. The van der Waals surface area contributed by atoms with E-state index in [-0.39, 0.29) is 12.3 Å². The highest BCUT2D eigenvalue weighted by molar-refractivity contribution is 5.88. The molecule has 1 aromatic heterocycles. The lowest BCUT2D eigenvalue weighted by molar-refractivity contribution is 0.0515. The van der Waals surface area contributed by atoms with Crippen LogP contribution in [0.25, 0.3) is 5.57 Å². The molecule has 0 fully saturated rings. The fourth-order valence-corrected chi connectivity index (χ4v) is 3.03. The van der Waals surface area contributed by atoms with Crippen molar-refractivity contribution in [1.82, 2.24) is 4.98 Å². The molecule has 22 heavy (non-hydrogen) atoms. The van der Waals surface area contributed by atoms with Crippen LogP contribution >= 0.6 is 0 Å². The average Bonchev–Trinajstić information content (AvgIpc) is 2.90. The van der Waals surface area contributed by atoms with E-state index in [1.165, 1.54) is 31.7 Å². The number of hydrogen-bond acceptors (Lipinski definition) is 2. The Hall–Kier alpha value is -1.58. The Morgan fingerprint density at radius 3 is 2.86 bits per heavy atom. The van der Waals surface area contributed by atoms with Gasteiger partial charge in [-0.2, -0.15) is 0 Å². The number of rotatable bonds is 7. The molecule has 0 bridgehead atoms. The molecular formula is C18H26FNO2. The summed E-state index contributed by atoms with van der Waals surface area (Å²) < 4.78 is 18.7. The van der Waals surface area contributed by atoms with Gasteiger partial charge in [0.05, 0.1) is 6.61 Å². The molecule has 0 amide bonds. The van der Waals surface area contributed by atoms with Crippen LogP contribution < -0.4 is 0 Å². The fraction of sp³-hybridized carbons (Fsp3) is 0.611. The molecule has 1 aliphatic rings. The number of carbonyl (C=O) groups is 1. The minimum Gasteiger partial charge on any atom is -0.461 e. The van der Waals surface area contributed by atoms with Crippen LogP contribution in [0.4, 0.5) is 4.39 Å². The summed E-state index contributed by atoms with van der Waals surface area (Å²) in [7, 11) is 0. The number of nitrogens with one attached hydrogen (secondary N) is 1. The van der Waals surface area contributed by atoms with Crippen molar-refractivity contribution >= 4 is 11.5 Å². The minimum atomic E-state index is -0.625. The second kappa shape index (κ2) is 8.16. The van der Waals surface area contributed by atoms with E-state index in [4.69, 9.17) is 4.74 Å². The molecule has 0 spiro atoms. The molecule has 2 rings (SSSR count). The van der Waals surface area contributed by atoms with Crippen LogP contribution in [-0.2, 0) is 4.74 Å². The summed E-state index contributed by atoms with van der Waals surface area (Å²) in [6.45, 7) is 4.18. The molecule has 0 saturated carbocycles. The summed E-state index contributed by atoms with van der Waals surface area (Å²) in [6, 6.07) is 1.41. The third kappa shape index (κ3) is 4.21. The highest BCUT2D eigenvalue weighted by Gasteiger charge is 2.21. The maximum Gasteiger partial charge on any atom is 0.357 e. The summed E-state index contributed by atoms with van der Waals surface area (Å²) in [4.78, 5) is 14.5. The standard InChI is InChI=1S/C18H26FNO2/c1-3-5-6-7-13-8-10-14(11-9-13)16-12-15(19)17(20-16)18(21)22-4-2/h10,12-13,20H,3-9,11H2,1-2H3. The van der Waals surface area contributed by atoms with E-state index in [0.717, 1.165) is 30.8 Å². The highest BCUT2D eigenvalue weighted by atomic mass is 19.1. The van der Waals surface area contributed by atoms with E-state index in [2.05, 4.69) is 18.0 Å². The predicted molar refractivity (Wildman–Crippen MR) is 86.2 cm³/mol. The first-order valence-electron chi connectivity index (χ1n) is 8.40. The number of aromatic nitrogens is 1. The molecule has 0 radical (unpaired) electrons. The SMILES string of the molecule is CCCCCC1CC=C(c2cc(F)c(C(=O)OCC)[nH]2)CC1. The third-order valence-corrected chi connectivity index (χ3v) is 4.33. The lowest BCUT2D eigenvalue weighted by atomic mass is 9.85. The summed E-state index contributed by atoms with van der Waals surface area (Å²) in [5.41, 5.74) is 1.76. The first-order chi connectivity index (χ1) is 10.7. The molecule has 122 valence electrons. The normalized spacial score (nSPS) is 18.1. The van der Waals surface area contributed by atoms with Crippen molar-refractivity contribution in [2.45, 2.75) is 58.8 Å². The maximum absolute atomic E-state index is 13.9. The zero-order valence-electron chi connectivity index (χ0n) is 13.6. The van der Waals surface area contributed by atoms with Crippen LogP contribution in [0, 0.1) is 11.7 Å². The lowest BCUT2D eigenvalue weighted by Crippen LogP contribution is -2.08. The first kappa shape index (κ1) is 16.8. The molecule has 1 aromatic rings. The van der Waals surface area contributed by atoms with Gasteiger partial charge in [-0.1, -0.05) is 38.7 Å². The molecule has 3 nitrogen and oxygen atoms in total. The van der Waals surface area contributed by atoms with Gasteiger partial charge in [-0.05, 0) is 37.7 Å². The van der Waals surface area contributed by atoms with E-state index in [9.17, 15) is 9.18 Å². The number of H-pyrrole nitrogens is 1. The van der Waals surface area contributed by atoms with Gasteiger partial charge in [0, 0.05) is 11.8 Å². The number of esters is 1. The number of halogens is 1. The molecular weight excluding hydrogens is 281 g/mol. The van der Waals surface area contributed by atoms with Crippen LogP contribution in [0.5, 0.6) is 0 Å². The molecule has 1 aliphatic carbocycles. The Kier molecular flexibility index (Phi) is 6.22. The Morgan fingerprint density at radius 1 is 1.41 bits per heavy atom. The van der Waals surface area contributed by atoms with Gasteiger partial charge < -0.3 is 9.72 Å². The maximum atomic E-state index is 13.9. The summed E-state index contributed by atoms with van der Waals surface area (Å²) in [6.07, 6.45) is 10.5. The van der Waals surface area contributed by atoms with Crippen LogP contribution in [0.15, 0.2) is 12.1 Å². The van der Waals surface area contributed by atoms with E-state index in [1.807, 2.05) is 0 Å². The average molecular weight is 307 g/mol. The van der Waals surface area contributed by atoms with Crippen LogP contribution in [-0.4, -0.2) is 17.6 Å². The number of unbranched alkanes of at least 4 members (excludes halogenated alkanes) is 2. The molecule has 4 heteroatoms. The number of carbonyl (C=O) groups excluding carboxylic acids is 1. The number of allylic oxidation sites excluding steroid dienone is 2. The van der Waals surface area contributed by atoms with Gasteiger partial charge in [-0.3, -0.25) is 0 Å². The summed E-state index contributed by atoms with van der Waals surface area (Å²) in [5.74, 6) is -0.404. The number of hydrogen-bond donors (Lipinski definition) is 1. The van der Waals surface area contributed by atoms with Crippen LogP contribution in [0.2, 0.25) is 0 Å². The van der Waals surface area contributed by atoms with Crippen LogP contribution in [0.3, 0.4) is 0 Å². The van der Waals surface area contributed by atoms with Crippen molar-refractivity contribution in [3.05, 3.63) is 29.3 Å². The molecule has 0 aliphatic heterocycles. The van der Waals surface area contributed by atoms with Crippen molar-refractivity contribution < 1.29 is 13.9 Å². The molecule has 1 heterocycles. The number of aromatic amines is 1. The Morgan fingerprint density at radius 2 is 2.23 bits per heavy atom. The van der Waals surface area contributed by atoms with Crippen LogP contribution in [0.1, 0.15) is 75.0 Å². The Bertz CT molecular complexity index is 533. The molecule has 0 saturated heterocycles. The third-order valence-electron chi connectivity index (χ3n) is 4.33. The summed E-state index contributed by atoms with van der Waals surface area (Å²) in [5, 5.41) is 0. The van der Waals surface area contributed by atoms with Crippen molar-refractivity contribution in [2.75, 3.05) is 6.61 Å². The van der Waals surface area contributed by atoms with Crippen molar-refractivity contribution in [2.24, 2.45) is 5.92 Å². The topological polar surface area (TPSA) is 42.1 Å². The summed E-state index contributed by atoms with van der Waals surface area (Å²) >= 11 is 0. The van der Waals surface area contributed by atoms with Crippen molar-refractivity contribution in [3.63, 3.8) is 0 Å². The number of ether oxygens (including phenoxy) is 1. The van der Waals surface area contributed by atoms with Gasteiger partial charge in [-0.15, -0.1) is 0 Å². The Balaban J connectivity index is 1.98. The largest absolute Gasteiger partial charge is 0.461 e. The fourth-order valence-electron chi connectivity index (χ4n) is 3.03. The zero-order valence-corrected chi connectivity index (χ0v) is 13.6. The molecule has 1 unspecified atom stereocenters. The van der Waals surface area contributed by atoms with Crippen molar-refractivity contribution in [3.8, 4) is 0 Å². The predicted octanol–water partition coefficient (Wildman–Crippen LogP) is 5.09. The highest BCUT2D eigenvalue weighted by Crippen LogP contribution is 2.33. The van der Waals surface area contributed by atoms with Gasteiger partial charge >= 0.3 is 5.97 Å².